The van der Waals surface area contributed by atoms with Gasteiger partial charge in [0.05, 0.1) is 22.1 Å². The van der Waals surface area contributed by atoms with Gasteiger partial charge in [-0.25, -0.2) is 0 Å². The van der Waals surface area contributed by atoms with Crippen molar-refractivity contribution in [1.29, 1.82) is 0 Å². The number of anilines is 6. The highest BCUT2D eigenvalue weighted by molar-refractivity contribution is 7.02. The molecule has 0 saturated carbocycles. The Bertz CT molecular complexity index is 3490. The Hall–Kier alpha value is -7.44. The molecule has 9 aromatic carbocycles. The van der Waals surface area contributed by atoms with Gasteiger partial charge in [-0.3, -0.25) is 0 Å². The number of nitrogens with zero attached hydrogens (tertiary/aromatic N) is 2. The molecule has 3 aliphatic rings. The first kappa shape index (κ1) is 32.5. The fourth-order valence-electron chi connectivity index (χ4n) is 10.6. The van der Waals surface area contributed by atoms with E-state index in [1.807, 2.05) is 0 Å². The zero-order chi connectivity index (χ0) is 39.6. The molecule has 0 unspecified atom stereocenters. The maximum absolute atomic E-state index is 7.27. The first-order valence-corrected chi connectivity index (χ1v) is 20.8. The van der Waals surface area contributed by atoms with E-state index in [4.69, 9.17) is 13.6 Å². The van der Waals surface area contributed by atoms with Crippen molar-refractivity contribution in [2.75, 3.05) is 9.80 Å². The standard InChI is InChI=1S/C54H35BN2O3/c1-54(2,3)34-26-39-49-40(27-34)57(36-23-21-31-13-5-7-15-33(31)25-36)53-48-38-17-9-11-19-42(38)59-44(48)29-46-51(53)55(49)50-45(60-46)28-43-47(37-16-8-10-18-41(37)58-43)52(50)56(39)35-22-20-30-12-4-6-14-32(30)24-35/h4-29H,1-3H3. The molecule has 0 saturated heterocycles. The van der Waals surface area contributed by atoms with E-state index in [1.54, 1.807) is 0 Å². The molecule has 14 rings (SSSR count). The number of benzene rings is 9. The molecule has 11 aromatic rings. The maximum Gasteiger partial charge on any atom is 0.261 e. The van der Waals surface area contributed by atoms with Crippen LogP contribution in [0.15, 0.2) is 167 Å². The summed E-state index contributed by atoms with van der Waals surface area (Å²) in [6, 6.07) is 57.1. The minimum atomic E-state index is -0.176. The van der Waals surface area contributed by atoms with Gasteiger partial charge in [0.15, 0.2) is 0 Å². The predicted molar refractivity (Wildman–Crippen MR) is 249 cm³/mol. The van der Waals surface area contributed by atoms with E-state index in [0.29, 0.717) is 0 Å². The van der Waals surface area contributed by atoms with Crippen molar-refractivity contribution in [2.24, 2.45) is 0 Å². The van der Waals surface area contributed by atoms with E-state index in [2.05, 4.69) is 188 Å². The molecule has 0 atom stereocenters. The summed E-state index contributed by atoms with van der Waals surface area (Å²) < 4.78 is 20.8. The third-order valence-electron chi connectivity index (χ3n) is 13.3. The molecule has 60 heavy (non-hydrogen) atoms. The van der Waals surface area contributed by atoms with Crippen molar-refractivity contribution in [3.63, 3.8) is 0 Å². The second-order valence-corrected chi connectivity index (χ2v) is 17.7. The van der Waals surface area contributed by atoms with E-state index in [9.17, 15) is 0 Å². The second-order valence-electron chi connectivity index (χ2n) is 17.7. The van der Waals surface area contributed by atoms with Crippen LogP contribution in [0.3, 0.4) is 0 Å². The smallest absolute Gasteiger partial charge is 0.261 e. The van der Waals surface area contributed by atoms with E-state index in [-0.39, 0.29) is 12.1 Å². The number of ether oxygens (including phenoxy) is 1. The molecule has 0 bridgehead atoms. The Labute approximate surface area is 345 Å². The number of rotatable bonds is 2. The third kappa shape index (κ3) is 4.17. The number of hydrogen-bond donors (Lipinski definition) is 0. The monoisotopic (exact) mass is 770 g/mol. The van der Waals surface area contributed by atoms with Crippen molar-refractivity contribution in [1.82, 2.24) is 0 Å². The minimum Gasteiger partial charge on any atom is -0.458 e. The molecule has 0 N–H and O–H groups in total. The van der Waals surface area contributed by atoms with Crippen molar-refractivity contribution >= 4 is 123 Å². The molecule has 0 spiro atoms. The molecule has 2 aromatic heterocycles. The van der Waals surface area contributed by atoms with Crippen LogP contribution < -0.4 is 30.9 Å². The zero-order valence-electron chi connectivity index (χ0n) is 33.2. The Morgan fingerprint density at radius 2 is 0.883 bits per heavy atom. The van der Waals surface area contributed by atoms with Crippen LogP contribution in [0.4, 0.5) is 34.1 Å². The summed E-state index contributed by atoms with van der Waals surface area (Å²) in [5.74, 6) is 1.61. The first-order chi connectivity index (χ1) is 29.4. The van der Waals surface area contributed by atoms with Gasteiger partial charge < -0.3 is 23.4 Å². The quantitative estimate of drug-likeness (QED) is 0.164. The molecule has 5 nitrogen and oxygen atoms in total. The molecule has 5 heterocycles. The highest BCUT2D eigenvalue weighted by Gasteiger charge is 2.51. The highest BCUT2D eigenvalue weighted by atomic mass is 16.5. The molecule has 6 heteroatoms. The Morgan fingerprint density at radius 3 is 1.37 bits per heavy atom. The van der Waals surface area contributed by atoms with Gasteiger partial charge in [0, 0.05) is 45.7 Å². The molecule has 0 radical (unpaired) electrons. The highest BCUT2D eigenvalue weighted by Crippen LogP contribution is 2.55. The molecular formula is C54H35BN2O3. The lowest BCUT2D eigenvalue weighted by Crippen LogP contribution is -2.63. The SMILES string of the molecule is CC(C)(C)c1cc2c3c(c1)N(c1ccc4ccccc4c1)c1c4c(cc5oc6ccccc6c15)Oc1cc5oc6ccccc6c5c(c1B34)N2c1ccc2ccccc2c1. The van der Waals surface area contributed by atoms with E-state index < -0.39 is 0 Å². The molecule has 0 aliphatic carbocycles. The summed E-state index contributed by atoms with van der Waals surface area (Å²) in [5.41, 5.74) is 14.7. The molecule has 0 fully saturated rings. The van der Waals surface area contributed by atoms with Gasteiger partial charge in [-0.2, -0.15) is 0 Å². The number of para-hydroxylation sites is 2. The van der Waals surface area contributed by atoms with Crippen LogP contribution in [0, 0.1) is 0 Å². The van der Waals surface area contributed by atoms with Crippen LogP contribution in [0.1, 0.15) is 26.3 Å². The van der Waals surface area contributed by atoms with Gasteiger partial charge in [0.25, 0.3) is 6.71 Å². The fourth-order valence-corrected chi connectivity index (χ4v) is 10.6. The van der Waals surface area contributed by atoms with Crippen molar-refractivity contribution in [2.45, 2.75) is 26.2 Å². The molecule has 3 aliphatic heterocycles. The van der Waals surface area contributed by atoms with Crippen LogP contribution in [-0.4, -0.2) is 6.71 Å². The molecular weight excluding hydrogens is 735 g/mol. The minimum absolute atomic E-state index is 0.141. The van der Waals surface area contributed by atoms with Gasteiger partial charge >= 0.3 is 0 Å². The largest absolute Gasteiger partial charge is 0.458 e. The van der Waals surface area contributed by atoms with Crippen LogP contribution >= 0.6 is 0 Å². The predicted octanol–water partition coefficient (Wildman–Crippen LogP) is 13.3. The number of hydrogen-bond acceptors (Lipinski definition) is 5. The summed E-state index contributed by atoms with van der Waals surface area (Å²) in [6.07, 6.45) is 0. The average molecular weight is 771 g/mol. The van der Waals surface area contributed by atoms with Crippen LogP contribution in [-0.2, 0) is 5.41 Å². The van der Waals surface area contributed by atoms with Crippen molar-refractivity contribution in [3.05, 3.63) is 163 Å². The van der Waals surface area contributed by atoms with E-state index in [1.165, 1.54) is 32.6 Å². The summed E-state index contributed by atoms with van der Waals surface area (Å²) >= 11 is 0. The Balaban J connectivity index is 1.21. The van der Waals surface area contributed by atoms with E-state index >= 15 is 0 Å². The van der Waals surface area contributed by atoms with Crippen LogP contribution in [0.25, 0.3) is 65.4 Å². The molecule has 0 amide bonds. The lowest BCUT2D eigenvalue weighted by molar-refractivity contribution is 0.486. The van der Waals surface area contributed by atoms with Gasteiger partial charge in [-0.15, -0.1) is 0 Å². The molecule has 282 valence electrons. The van der Waals surface area contributed by atoms with Crippen LogP contribution in [0.2, 0.25) is 0 Å². The Kier molecular flexibility index (Phi) is 6.06. The van der Waals surface area contributed by atoms with Crippen molar-refractivity contribution < 1.29 is 13.6 Å². The maximum atomic E-state index is 7.27. The van der Waals surface area contributed by atoms with Gasteiger partial charge in [0.2, 0.25) is 0 Å². The summed E-state index contributed by atoms with van der Waals surface area (Å²) in [6.45, 7) is 6.83. The van der Waals surface area contributed by atoms with Gasteiger partial charge in [0.1, 0.15) is 33.8 Å². The normalized spacial score (nSPS) is 13.9. The van der Waals surface area contributed by atoms with E-state index in [0.717, 1.165) is 100 Å². The first-order valence-electron chi connectivity index (χ1n) is 20.8. The van der Waals surface area contributed by atoms with Gasteiger partial charge in [-0.05, 0) is 97.4 Å². The summed E-state index contributed by atoms with van der Waals surface area (Å²) in [7, 11) is 0. The number of furan rings is 2. The van der Waals surface area contributed by atoms with Gasteiger partial charge in [-0.1, -0.05) is 118 Å². The number of fused-ring (bicyclic) bond motifs is 10. The van der Waals surface area contributed by atoms with Crippen LogP contribution in [0.5, 0.6) is 11.5 Å². The lowest BCUT2D eigenvalue weighted by Gasteiger charge is -2.47. The summed E-state index contributed by atoms with van der Waals surface area (Å²) in [5, 5.41) is 9.13. The average Bonchev–Trinajstić information content (AvgIpc) is 3.83. The third-order valence-corrected chi connectivity index (χ3v) is 13.3. The topological polar surface area (TPSA) is 42.0 Å². The fraction of sp³-hybridized carbons (Fsp3) is 0.0741. The van der Waals surface area contributed by atoms with Crippen molar-refractivity contribution in [3.8, 4) is 11.5 Å². The summed E-state index contributed by atoms with van der Waals surface area (Å²) in [4.78, 5) is 5.04. The lowest BCUT2D eigenvalue weighted by atomic mass is 9.32. The zero-order valence-corrected chi connectivity index (χ0v) is 33.2. The Morgan fingerprint density at radius 1 is 0.433 bits per heavy atom. The second kappa shape index (κ2) is 11.2.